The van der Waals surface area contributed by atoms with Crippen molar-refractivity contribution in [2.24, 2.45) is 7.05 Å². The molecule has 0 aliphatic rings. The number of esters is 1. The lowest BCUT2D eigenvalue weighted by Gasteiger charge is -2.02. The number of aryl methyl sites for hydroxylation is 2. The van der Waals surface area contributed by atoms with Gasteiger partial charge in [0.25, 0.3) is 0 Å². The predicted molar refractivity (Wildman–Crippen MR) is 134 cm³/mol. The number of aldehydes is 1. The highest BCUT2D eigenvalue weighted by atomic mass is 19.1. The highest BCUT2D eigenvalue weighted by Crippen LogP contribution is 2.22. The van der Waals surface area contributed by atoms with Crippen molar-refractivity contribution in [1.82, 2.24) is 24.6 Å². The molecule has 0 fully saturated rings. The standard InChI is InChI=1S/C16H16N4O3.C8H8FNO.C2H6/c1-11-7-12-3-4-14(18-16(12)19(11)2)13-8-17-20(9-13)10-23-15(22)5-6-21;9-8-4-2-1-3-7(8)5-10-6-11;1-2/h3-4,6-9H,5,10H2,1-2H3;1-4,6H,5H2,(H,10,11);1-2H3. The Kier molecular flexibility index (Phi) is 11.0. The average Bonchev–Trinajstić information content (AvgIpc) is 3.48. The quantitative estimate of drug-likeness (QED) is 0.225. The molecule has 4 rings (SSSR count). The number of hydrogen-bond acceptors (Lipinski definition) is 6. The van der Waals surface area contributed by atoms with E-state index in [1.54, 1.807) is 30.6 Å². The maximum Gasteiger partial charge on any atom is 0.314 e. The van der Waals surface area contributed by atoms with Crippen LogP contribution in [0.15, 0.2) is 54.9 Å². The number of benzene rings is 1. The van der Waals surface area contributed by atoms with Crippen molar-refractivity contribution in [1.29, 1.82) is 0 Å². The minimum Gasteiger partial charge on any atom is -0.442 e. The summed E-state index contributed by atoms with van der Waals surface area (Å²) < 4.78 is 21.2. The lowest BCUT2D eigenvalue weighted by molar-refractivity contribution is -0.148. The first kappa shape index (κ1) is 27.9. The van der Waals surface area contributed by atoms with Crippen LogP contribution in [0.4, 0.5) is 4.39 Å². The van der Waals surface area contributed by atoms with E-state index in [4.69, 9.17) is 4.74 Å². The first-order valence-electron chi connectivity index (χ1n) is 11.4. The number of halogens is 1. The summed E-state index contributed by atoms with van der Waals surface area (Å²) in [6.45, 7) is 6.25. The smallest absolute Gasteiger partial charge is 0.314 e. The summed E-state index contributed by atoms with van der Waals surface area (Å²) in [4.78, 5) is 35.9. The third-order valence-corrected chi connectivity index (χ3v) is 4.99. The monoisotopic (exact) mass is 495 g/mol. The molecule has 36 heavy (non-hydrogen) atoms. The topological polar surface area (TPSA) is 108 Å². The Labute approximate surface area is 208 Å². The number of nitrogens with zero attached hydrogens (tertiary/aromatic N) is 4. The van der Waals surface area contributed by atoms with Gasteiger partial charge in [0.1, 0.15) is 24.2 Å². The van der Waals surface area contributed by atoms with Crippen LogP contribution in [0.2, 0.25) is 0 Å². The van der Waals surface area contributed by atoms with Gasteiger partial charge in [0.2, 0.25) is 6.41 Å². The zero-order chi connectivity index (χ0) is 26.5. The first-order valence-corrected chi connectivity index (χ1v) is 11.4. The number of amides is 1. The van der Waals surface area contributed by atoms with Crippen molar-refractivity contribution in [3.63, 3.8) is 0 Å². The van der Waals surface area contributed by atoms with Crippen LogP contribution in [0.5, 0.6) is 0 Å². The second kappa shape index (κ2) is 14.1. The third-order valence-electron chi connectivity index (χ3n) is 4.99. The number of rotatable bonds is 8. The number of nitrogens with one attached hydrogen (secondary N) is 1. The molecule has 0 atom stereocenters. The van der Waals surface area contributed by atoms with Gasteiger partial charge in [-0.05, 0) is 31.2 Å². The van der Waals surface area contributed by atoms with Gasteiger partial charge in [-0.15, -0.1) is 0 Å². The van der Waals surface area contributed by atoms with E-state index in [0.717, 1.165) is 28.0 Å². The highest BCUT2D eigenvalue weighted by Gasteiger charge is 2.09. The number of fused-ring (bicyclic) bond motifs is 1. The maximum absolute atomic E-state index is 12.8. The van der Waals surface area contributed by atoms with Gasteiger partial charge >= 0.3 is 5.97 Å². The van der Waals surface area contributed by atoms with Crippen molar-refractivity contribution in [3.8, 4) is 11.3 Å². The molecule has 0 aliphatic heterocycles. The highest BCUT2D eigenvalue weighted by molar-refractivity contribution is 5.83. The van der Waals surface area contributed by atoms with Crippen LogP contribution >= 0.6 is 0 Å². The largest absolute Gasteiger partial charge is 0.442 e. The minimum atomic E-state index is -0.573. The summed E-state index contributed by atoms with van der Waals surface area (Å²) in [6, 6.07) is 12.4. The SMILES string of the molecule is CC.Cc1cc2ccc(-c3cnn(COC(=O)CC=O)c3)nc2n1C.O=CNCc1ccccc1F. The zero-order valence-corrected chi connectivity index (χ0v) is 20.8. The van der Waals surface area contributed by atoms with Crippen molar-refractivity contribution in [2.45, 2.75) is 40.5 Å². The number of pyridine rings is 1. The molecule has 3 aromatic heterocycles. The summed E-state index contributed by atoms with van der Waals surface area (Å²) in [5, 5.41) is 7.61. The van der Waals surface area contributed by atoms with Crippen LogP contribution in [0.25, 0.3) is 22.3 Å². The molecule has 0 spiro atoms. The molecule has 3 heterocycles. The van der Waals surface area contributed by atoms with Crippen LogP contribution in [0.3, 0.4) is 0 Å². The molecule has 9 nitrogen and oxygen atoms in total. The van der Waals surface area contributed by atoms with Crippen molar-refractivity contribution >= 4 is 29.7 Å². The number of ether oxygens (including phenoxy) is 1. The Balaban J connectivity index is 0.000000295. The fourth-order valence-electron chi connectivity index (χ4n) is 3.12. The molecule has 0 saturated heterocycles. The van der Waals surface area contributed by atoms with Crippen LogP contribution in [-0.4, -0.2) is 38.0 Å². The van der Waals surface area contributed by atoms with Gasteiger partial charge in [0.15, 0.2) is 6.73 Å². The van der Waals surface area contributed by atoms with Crippen LogP contribution < -0.4 is 5.32 Å². The zero-order valence-electron chi connectivity index (χ0n) is 20.8. The molecule has 0 saturated carbocycles. The summed E-state index contributed by atoms with van der Waals surface area (Å²) in [7, 11) is 1.98. The Bertz CT molecular complexity index is 1300. The predicted octanol–water partition coefficient (Wildman–Crippen LogP) is 3.93. The summed E-state index contributed by atoms with van der Waals surface area (Å²) in [6.07, 6.45) is 4.22. The van der Waals surface area contributed by atoms with E-state index < -0.39 is 5.97 Å². The summed E-state index contributed by atoms with van der Waals surface area (Å²) >= 11 is 0. The molecule has 190 valence electrons. The van der Waals surface area contributed by atoms with Crippen molar-refractivity contribution in [3.05, 3.63) is 71.9 Å². The molecule has 0 radical (unpaired) electrons. The van der Waals surface area contributed by atoms with E-state index >= 15 is 0 Å². The fourth-order valence-corrected chi connectivity index (χ4v) is 3.12. The first-order chi connectivity index (χ1) is 17.4. The van der Waals surface area contributed by atoms with Gasteiger partial charge in [-0.3, -0.25) is 9.59 Å². The van der Waals surface area contributed by atoms with Gasteiger partial charge in [0.05, 0.1) is 11.9 Å². The number of carbonyl (C=O) groups is 3. The summed E-state index contributed by atoms with van der Waals surface area (Å²) in [5.41, 5.74) is 4.17. The van der Waals surface area contributed by atoms with E-state index in [0.29, 0.717) is 18.3 Å². The van der Waals surface area contributed by atoms with Crippen molar-refractivity contribution < 1.29 is 23.5 Å². The minimum absolute atomic E-state index is 0.0296. The van der Waals surface area contributed by atoms with E-state index in [2.05, 4.69) is 21.5 Å². The molecule has 10 heteroatoms. The average molecular weight is 496 g/mol. The second-order valence-corrected chi connectivity index (χ2v) is 7.33. The lowest BCUT2D eigenvalue weighted by atomic mass is 10.2. The molecule has 1 amide bonds. The molecular weight excluding hydrogens is 465 g/mol. The molecule has 0 bridgehead atoms. The number of aromatic nitrogens is 4. The molecule has 1 aromatic carbocycles. The molecule has 0 unspecified atom stereocenters. The van der Waals surface area contributed by atoms with Gasteiger partial charge in [-0.25, -0.2) is 14.1 Å². The van der Waals surface area contributed by atoms with Crippen LogP contribution in [0, 0.1) is 12.7 Å². The van der Waals surface area contributed by atoms with Gasteiger partial charge in [-0.1, -0.05) is 32.0 Å². The van der Waals surface area contributed by atoms with Crippen molar-refractivity contribution in [2.75, 3.05) is 0 Å². The van der Waals surface area contributed by atoms with Gasteiger partial charge in [-0.2, -0.15) is 5.10 Å². The molecular formula is C26H30FN5O4. The van der Waals surface area contributed by atoms with E-state index in [9.17, 15) is 18.8 Å². The summed E-state index contributed by atoms with van der Waals surface area (Å²) in [5.74, 6) is -0.863. The molecule has 0 aliphatic carbocycles. The Hall–Kier alpha value is -4.34. The van der Waals surface area contributed by atoms with E-state index in [1.165, 1.54) is 10.7 Å². The van der Waals surface area contributed by atoms with Crippen LogP contribution in [-0.2, 0) is 39.4 Å². The Morgan fingerprint density at radius 2 is 1.92 bits per heavy atom. The lowest BCUT2D eigenvalue weighted by Crippen LogP contribution is -2.10. The maximum atomic E-state index is 12.8. The van der Waals surface area contributed by atoms with Crippen LogP contribution in [0.1, 0.15) is 31.5 Å². The van der Waals surface area contributed by atoms with E-state index in [1.807, 2.05) is 44.5 Å². The molecule has 1 N–H and O–H groups in total. The Morgan fingerprint density at radius 3 is 2.61 bits per heavy atom. The number of carbonyl (C=O) groups excluding carboxylic acids is 3. The second-order valence-electron chi connectivity index (χ2n) is 7.33. The molecule has 4 aromatic rings. The third kappa shape index (κ3) is 7.59. The van der Waals surface area contributed by atoms with Gasteiger partial charge in [0, 0.05) is 42.0 Å². The fraction of sp³-hybridized carbons (Fsp3) is 0.269. The number of hydrogen-bond donors (Lipinski definition) is 1. The Morgan fingerprint density at radius 1 is 1.17 bits per heavy atom. The van der Waals surface area contributed by atoms with Gasteiger partial charge < -0.3 is 19.4 Å². The van der Waals surface area contributed by atoms with E-state index in [-0.39, 0.29) is 25.5 Å². The normalized spacial score (nSPS) is 9.92.